The van der Waals surface area contributed by atoms with Gasteiger partial charge in [-0.3, -0.25) is 5.32 Å². The molecule has 0 fully saturated rings. The number of aromatic nitrogens is 6. The van der Waals surface area contributed by atoms with Gasteiger partial charge in [0, 0.05) is 18.1 Å². The van der Waals surface area contributed by atoms with Gasteiger partial charge < -0.3 is 19.3 Å². The Morgan fingerprint density at radius 3 is 2.56 bits per heavy atom. The molecule has 2 N–H and O–H groups in total. The Morgan fingerprint density at radius 1 is 1.05 bits per heavy atom. The molecular weight excluding hydrogens is 553 g/mol. The number of hydrogen-bond acceptors (Lipinski definition) is 12. The zero-order chi connectivity index (χ0) is 29.1. The number of ether oxygens (including phenoxy) is 3. The molecule has 0 bridgehead atoms. The van der Waals surface area contributed by atoms with Gasteiger partial charge >= 0.3 is 6.09 Å². The standard InChI is InChI=1S/C27H26FN7O5S/c1-13-7-17(23-19(8-13)33-22(38-4)12-31-23)25-34-20-9-18(28)24(35-26(20)41-25)39-14(2)15(3)40-27(37)32-16-10-29-21(5-6-36)30-11-16/h7-12,14-15,36H,5-6H2,1-4H3,(H,32,37)/t14-,15+/m0/s1. The van der Waals surface area contributed by atoms with E-state index >= 15 is 0 Å². The van der Waals surface area contributed by atoms with E-state index in [1.165, 1.54) is 43.1 Å². The van der Waals surface area contributed by atoms with Gasteiger partial charge in [0.15, 0.2) is 5.82 Å². The smallest absolute Gasteiger partial charge is 0.412 e. The third kappa shape index (κ3) is 6.28. The first-order chi connectivity index (χ1) is 19.7. The number of aliphatic hydroxyl groups excluding tert-OH is 1. The molecule has 14 heteroatoms. The number of pyridine rings is 1. The number of thiazole rings is 1. The van der Waals surface area contributed by atoms with Gasteiger partial charge in [0.2, 0.25) is 5.88 Å². The number of benzene rings is 1. The van der Waals surface area contributed by atoms with Crippen molar-refractivity contribution in [2.45, 2.75) is 39.4 Å². The molecule has 5 rings (SSSR count). The highest BCUT2D eigenvalue weighted by atomic mass is 32.1. The summed E-state index contributed by atoms with van der Waals surface area (Å²) in [6.07, 6.45) is 2.41. The Morgan fingerprint density at radius 2 is 1.83 bits per heavy atom. The fraction of sp³-hybridized carbons (Fsp3) is 0.296. The van der Waals surface area contributed by atoms with Gasteiger partial charge in [-0.2, -0.15) is 4.98 Å². The van der Waals surface area contributed by atoms with E-state index in [4.69, 9.17) is 19.3 Å². The molecule has 0 radical (unpaired) electrons. The summed E-state index contributed by atoms with van der Waals surface area (Å²) in [6.45, 7) is 5.12. The third-order valence-corrected chi connectivity index (χ3v) is 7.05. The molecule has 0 spiro atoms. The number of nitrogens with one attached hydrogen (secondary N) is 1. The lowest BCUT2D eigenvalue weighted by Crippen LogP contribution is -2.33. The molecule has 5 aromatic rings. The van der Waals surface area contributed by atoms with Crippen LogP contribution in [0.5, 0.6) is 11.8 Å². The van der Waals surface area contributed by atoms with E-state index in [-0.39, 0.29) is 12.5 Å². The first-order valence-corrected chi connectivity index (χ1v) is 13.4. The predicted octanol–water partition coefficient (Wildman–Crippen LogP) is 4.49. The summed E-state index contributed by atoms with van der Waals surface area (Å²) >= 11 is 1.27. The zero-order valence-corrected chi connectivity index (χ0v) is 23.4. The molecule has 1 aromatic carbocycles. The van der Waals surface area contributed by atoms with Crippen LogP contribution >= 0.6 is 11.3 Å². The largest absolute Gasteiger partial charge is 0.480 e. The highest BCUT2D eigenvalue weighted by Gasteiger charge is 2.23. The minimum absolute atomic E-state index is 0.0775. The van der Waals surface area contributed by atoms with Gasteiger partial charge in [0.25, 0.3) is 5.88 Å². The molecule has 0 aliphatic rings. The van der Waals surface area contributed by atoms with Crippen molar-refractivity contribution in [2.24, 2.45) is 0 Å². The maximum Gasteiger partial charge on any atom is 0.412 e. The van der Waals surface area contributed by atoms with Crippen LogP contribution in [-0.4, -0.2) is 67.0 Å². The van der Waals surface area contributed by atoms with Crippen molar-refractivity contribution in [2.75, 3.05) is 19.0 Å². The van der Waals surface area contributed by atoms with Crippen LogP contribution in [0.3, 0.4) is 0 Å². The highest BCUT2D eigenvalue weighted by molar-refractivity contribution is 7.21. The number of fused-ring (bicyclic) bond motifs is 2. The van der Waals surface area contributed by atoms with E-state index in [0.717, 1.165) is 11.1 Å². The number of aryl methyl sites for hydroxylation is 1. The Hall–Kier alpha value is -4.56. The normalized spacial score (nSPS) is 12.7. The highest BCUT2D eigenvalue weighted by Crippen LogP contribution is 2.35. The molecule has 0 saturated carbocycles. The molecule has 0 aliphatic carbocycles. The molecule has 4 aromatic heterocycles. The lowest BCUT2D eigenvalue weighted by Gasteiger charge is -2.21. The second kappa shape index (κ2) is 11.9. The van der Waals surface area contributed by atoms with E-state index in [2.05, 4.69) is 35.2 Å². The first kappa shape index (κ1) is 28.0. The van der Waals surface area contributed by atoms with E-state index in [9.17, 15) is 9.18 Å². The zero-order valence-electron chi connectivity index (χ0n) is 22.6. The maximum atomic E-state index is 15.0. The summed E-state index contributed by atoms with van der Waals surface area (Å²) in [4.78, 5) is 38.8. The SMILES string of the molecule is COc1cnc2c(-c3nc4cc(F)c(O[C@@H](C)[C@@H](C)OC(=O)Nc5cnc(CCO)nc5)nc4s3)cc(C)cc2n1. The first-order valence-electron chi connectivity index (χ1n) is 12.6. The summed E-state index contributed by atoms with van der Waals surface area (Å²) in [5.74, 6) is -0.0855. The van der Waals surface area contributed by atoms with E-state index in [0.29, 0.717) is 50.2 Å². The number of amides is 1. The molecule has 12 nitrogen and oxygen atoms in total. The summed E-state index contributed by atoms with van der Waals surface area (Å²) in [7, 11) is 1.53. The van der Waals surface area contributed by atoms with Crippen molar-refractivity contribution < 1.29 is 28.5 Å². The Labute approximate surface area is 237 Å². The molecule has 41 heavy (non-hydrogen) atoms. The van der Waals surface area contributed by atoms with Crippen molar-refractivity contribution in [3.05, 3.63) is 54.0 Å². The number of hydrogen-bond donors (Lipinski definition) is 2. The van der Waals surface area contributed by atoms with Crippen molar-refractivity contribution in [1.82, 2.24) is 29.9 Å². The summed E-state index contributed by atoms with van der Waals surface area (Å²) in [6, 6.07) is 5.10. The summed E-state index contributed by atoms with van der Waals surface area (Å²) in [5.41, 5.74) is 3.68. The summed E-state index contributed by atoms with van der Waals surface area (Å²) < 4.78 is 31.3. The fourth-order valence-corrected chi connectivity index (χ4v) is 4.80. The van der Waals surface area contributed by atoms with Crippen LogP contribution in [0.2, 0.25) is 0 Å². The minimum atomic E-state index is -0.757. The van der Waals surface area contributed by atoms with Crippen LogP contribution in [0.4, 0.5) is 14.9 Å². The predicted molar refractivity (Wildman–Crippen MR) is 150 cm³/mol. The lowest BCUT2D eigenvalue weighted by atomic mass is 10.1. The number of halogens is 1. The molecule has 0 saturated heterocycles. The molecule has 0 aliphatic heterocycles. The minimum Gasteiger partial charge on any atom is -0.480 e. The topological polar surface area (TPSA) is 154 Å². The van der Waals surface area contributed by atoms with Crippen LogP contribution in [0.15, 0.2) is 36.8 Å². The van der Waals surface area contributed by atoms with Crippen molar-refractivity contribution >= 4 is 44.5 Å². The average Bonchev–Trinajstić information content (AvgIpc) is 3.35. The van der Waals surface area contributed by atoms with Crippen LogP contribution < -0.4 is 14.8 Å². The maximum absolute atomic E-state index is 15.0. The van der Waals surface area contributed by atoms with E-state index in [1.54, 1.807) is 13.8 Å². The van der Waals surface area contributed by atoms with Crippen LogP contribution in [0.25, 0.3) is 32.0 Å². The Balaban J connectivity index is 1.30. The number of methoxy groups -OCH3 is 1. The average molecular weight is 580 g/mol. The van der Waals surface area contributed by atoms with Crippen LogP contribution in [0.1, 0.15) is 25.2 Å². The molecular formula is C27H26FN7O5S. The number of nitrogens with zero attached hydrogens (tertiary/aromatic N) is 6. The van der Waals surface area contributed by atoms with Gasteiger partial charge in [0.1, 0.15) is 33.4 Å². The molecule has 0 unspecified atom stereocenters. The number of anilines is 1. The quantitative estimate of drug-likeness (QED) is 0.254. The van der Waals surface area contributed by atoms with Crippen molar-refractivity contribution in [3.8, 4) is 22.3 Å². The van der Waals surface area contributed by atoms with Crippen LogP contribution in [-0.2, 0) is 11.2 Å². The molecule has 4 heterocycles. The van der Waals surface area contributed by atoms with Crippen molar-refractivity contribution in [1.29, 1.82) is 0 Å². The Kier molecular flexibility index (Phi) is 8.12. The van der Waals surface area contributed by atoms with Gasteiger partial charge in [-0.1, -0.05) is 11.3 Å². The Bertz CT molecular complexity index is 1720. The molecule has 2 atom stereocenters. The lowest BCUT2D eigenvalue weighted by molar-refractivity contribution is 0.0379. The second-order valence-corrected chi connectivity index (χ2v) is 10.1. The number of carbonyl (C=O) groups is 1. The van der Waals surface area contributed by atoms with Gasteiger partial charge in [-0.25, -0.2) is 34.1 Å². The second-order valence-electron chi connectivity index (χ2n) is 9.13. The van der Waals surface area contributed by atoms with Crippen molar-refractivity contribution in [3.63, 3.8) is 0 Å². The number of aliphatic hydroxyl groups is 1. The van der Waals surface area contributed by atoms with E-state index < -0.39 is 24.1 Å². The molecule has 1 amide bonds. The van der Waals surface area contributed by atoms with E-state index in [1.807, 2.05) is 19.1 Å². The number of carbonyl (C=O) groups excluding carboxylic acids is 1. The van der Waals surface area contributed by atoms with Gasteiger partial charge in [0.05, 0.1) is 49.0 Å². The van der Waals surface area contributed by atoms with Gasteiger partial charge in [-0.05, 0) is 38.5 Å². The number of rotatable bonds is 9. The van der Waals surface area contributed by atoms with Crippen LogP contribution in [0, 0.1) is 12.7 Å². The molecule has 212 valence electrons. The summed E-state index contributed by atoms with van der Waals surface area (Å²) in [5, 5.41) is 12.1. The fourth-order valence-electron chi connectivity index (χ4n) is 3.86. The van der Waals surface area contributed by atoms with Gasteiger partial charge in [-0.15, -0.1) is 0 Å². The third-order valence-electron chi connectivity index (χ3n) is 6.05. The monoisotopic (exact) mass is 579 g/mol.